The highest BCUT2D eigenvalue weighted by molar-refractivity contribution is 5.93. The Hall–Kier alpha value is -2.68. The fraction of sp³-hybridized carbons (Fsp3) is 0.556. The molecule has 27 heavy (non-hydrogen) atoms. The Labute approximate surface area is 156 Å². The second-order valence-corrected chi connectivity index (χ2v) is 7.13. The summed E-state index contributed by atoms with van der Waals surface area (Å²) in [5.41, 5.74) is 0.160. The van der Waals surface area contributed by atoms with Crippen LogP contribution in [0, 0.1) is 0 Å². The van der Waals surface area contributed by atoms with Gasteiger partial charge in [0.25, 0.3) is 0 Å². The molecule has 0 bridgehead atoms. The molecule has 1 unspecified atom stereocenters. The summed E-state index contributed by atoms with van der Waals surface area (Å²) in [4.78, 5) is 42.3. The molecule has 9 heteroatoms. The molecule has 0 aliphatic carbocycles. The summed E-state index contributed by atoms with van der Waals surface area (Å²) in [6.45, 7) is 2.74. The number of hydrogen-bond donors (Lipinski definition) is 2. The monoisotopic (exact) mass is 375 g/mol. The van der Waals surface area contributed by atoms with Crippen LogP contribution in [0.1, 0.15) is 32.6 Å². The molecule has 0 saturated carbocycles. The highest BCUT2D eigenvalue weighted by atomic mass is 16.3. The minimum atomic E-state index is -0.803. The highest BCUT2D eigenvalue weighted by Gasteiger charge is 2.36. The van der Waals surface area contributed by atoms with Crippen molar-refractivity contribution >= 4 is 28.8 Å². The lowest BCUT2D eigenvalue weighted by atomic mass is 10.0. The van der Waals surface area contributed by atoms with Gasteiger partial charge < -0.3 is 15.3 Å². The summed E-state index contributed by atoms with van der Waals surface area (Å²) in [6, 6.07) is 3.35. The van der Waals surface area contributed by atoms with Crippen LogP contribution in [-0.2, 0) is 23.7 Å². The Kier molecular flexibility index (Phi) is 5.05. The first-order valence-electron chi connectivity index (χ1n) is 9.06. The number of carbonyl (C=O) groups is 2. The normalized spacial score (nSPS) is 19.6. The molecule has 0 aromatic carbocycles. The average molecular weight is 375 g/mol. The average Bonchev–Trinajstić information content (AvgIpc) is 3.15. The smallest absolute Gasteiger partial charge is 0.329 e. The minimum Gasteiger partial charge on any atom is -0.388 e. The molecule has 3 rings (SSSR count). The number of aryl methyl sites for hydroxylation is 2. The van der Waals surface area contributed by atoms with Crippen LogP contribution < -0.4 is 11.0 Å². The molecular weight excluding hydrogens is 350 g/mol. The van der Waals surface area contributed by atoms with Crippen LogP contribution in [0.5, 0.6) is 0 Å². The number of hydrogen-bond acceptors (Lipinski definition) is 5. The van der Waals surface area contributed by atoms with Crippen molar-refractivity contribution in [3.05, 3.63) is 22.6 Å². The first kappa shape index (κ1) is 19.1. The summed E-state index contributed by atoms with van der Waals surface area (Å²) in [5, 5.41) is 12.9. The van der Waals surface area contributed by atoms with E-state index in [2.05, 4.69) is 10.3 Å². The van der Waals surface area contributed by atoms with Crippen molar-refractivity contribution in [2.75, 3.05) is 18.4 Å². The molecule has 1 atom stereocenters. The second kappa shape index (κ2) is 7.15. The van der Waals surface area contributed by atoms with Gasteiger partial charge in [0.2, 0.25) is 11.8 Å². The van der Waals surface area contributed by atoms with Gasteiger partial charge in [-0.05, 0) is 25.0 Å². The third kappa shape index (κ3) is 3.73. The van der Waals surface area contributed by atoms with E-state index in [1.807, 2.05) is 6.92 Å². The summed E-state index contributed by atoms with van der Waals surface area (Å²) in [5.74, 6) is -0.118. The predicted molar refractivity (Wildman–Crippen MR) is 100 cm³/mol. The quantitative estimate of drug-likeness (QED) is 0.784. The molecule has 2 aromatic rings. The number of amides is 2. The van der Waals surface area contributed by atoms with Gasteiger partial charge in [-0.1, -0.05) is 6.92 Å². The van der Waals surface area contributed by atoms with Gasteiger partial charge in [0, 0.05) is 40.0 Å². The number of nitrogens with one attached hydrogen (secondary N) is 1. The Bertz CT molecular complexity index is 947. The fourth-order valence-electron chi connectivity index (χ4n) is 3.38. The number of aliphatic hydroxyl groups is 1. The fourth-order valence-corrected chi connectivity index (χ4v) is 3.38. The Morgan fingerprint density at radius 2 is 2.00 bits per heavy atom. The van der Waals surface area contributed by atoms with Crippen molar-refractivity contribution in [3.63, 3.8) is 0 Å². The maximum absolute atomic E-state index is 12.2. The Morgan fingerprint density at radius 1 is 1.26 bits per heavy atom. The van der Waals surface area contributed by atoms with Gasteiger partial charge >= 0.3 is 5.69 Å². The van der Waals surface area contributed by atoms with E-state index in [0.717, 1.165) is 0 Å². The number of aromatic nitrogens is 3. The lowest BCUT2D eigenvalue weighted by Crippen LogP contribution is -2.35. The van der Waals surface area contributed by atoms with Crippen LogP contribution in [0.25, 0.3) is 11.2 Å². The van der Waals surface area contributed by atoms with Crippen molar-refractivity contribution in [1.29, 1.82) is 0 Å². The van der Waals surface area contributed by atoms with Gasteiger partial charge in [0.1, 0.15) is 5.82 Å². The number of fused-ring (bicyclic) bond motifs is 1. The minimum absolute atomic E-state index is 0.0350. The lowest BCUT2D eigenvalue weighted by Gasteiger charge is -2.21. The van der Waals surface area contributed by atoms with Gasteiger partial charge in [-0.25, -0.2) is 9.78 Å². The first-order valence-corrected chi connectivity index (χ1v) is 9.06. The molecule has 0 radical (unpaired) electrons. The summed E-state index contributed by atoms with van der Waals surface area (Å²) in [6.07, 6.45) is 1.29. The zero-order valence-electron chi connectivity index (χ0n) is 15.9. The summed E-state index contributed by atoms with van der Waals surface area (Å²) >= 11 is 0. The molecule has 2 N–H and O–H groups in total. The van der Waals surface area contributed by atoms with Gasteiger partial charge in [-0.3, -0.25) is 18.7 Å². The van der Waals surface area contributed by atoms with Crippen molar-refractivity contribution in [3.8, 4) is 0 Å². The third-order valence-corrected chi connectivity index (χ3v) is 5.28. The van der Waals surface area contributed by atoms with Crippen molar-refractivity contribution in [2.24, 2.45) is 14.1 Å². The lowest BCUT2D eigenvalue weighted by molar-refractivity contribution is -0.132. The number of rotatable bonds is 5. The molecule has 2 amide bonds. The third-order valence-electron chi connectivity index (χ3n) is 5.28. The number of likely N-dealkylation sites (tertiary alicyclic amines) is 1. The van der Waals surface area contributed by atoms with E-state index in [4.69, 9.17) is 0 Å². The van der Waals surface area contributed by atoms with Gasteiger partial charge in [-0.2, -0.15) is 0 Å². The van der Waals surface area contributed by atoms with Crippen molar-refractivity contribution in [2.45, 2.75) is 38.2 Å². The maximum atomic E-state index is 12.2. The summed E-state index contributed by atoms with van der Waals surface area (Å²) < 4.78 is 2.90. The molecule has 9 nitrogen and oxygen atoms in total. The number of pyridine rings is 1. The number of nitrogens with zero attached hydrogens (tertiary/aromatic N) is 4. The standard InChI is InChI=1S/C18H25N5O4/c1-4-18(27)9-10-23(11-18)15(25)8-7-14(24)19-13-6-5-12-16(20-13)22(3)17(26)21(12)2/h5-6,27H,4,7-11H2,1-3H3,(H,19,20,24). The zero-order chi connectivity index (χ0) is 19.8. The molecule has 146 valence electrons. The molecular formula is C18H25N5O4. The van der Waals surface area contributed by atoms with Crippen molar-refractivity contribution < 1.29 is 14.7 Å². The predicted octanol–water partition coefficient (Wildman–Crippen LogP) is 0.364. The number of carbonyl (C=O) groups excluding carboxylic acids is 2. The van der Waals surface area contributed by atoms with Crippen LogP contribution in [0.3, 0.4) is 0 Å². The number of imidazole rings is 1. The van der Waals surface area contributed by atoms with E-state index in [9.17, 15) is 19.5 Å². The molecule has 1 aliphatic rings. The van der Waals surface area contributed by atoms with E-state index in [1.54, 1.807) is 31.1 Å². The van der Waals surface area contributed by atoms with Crippen LogP contribution in [-0.4, -0.2) is 54.6 Å². The van der Waals surface area contributed by atoms with Crippen LogP contribution in [0.2, 0.25) is 0 Å². The first-order chi connectivity index (χ1) is 12.7. The molecule has 3 heterocycles. The summed E-state index contributed by atoms with van der Waals surface area (Å²) in [7, 11) is 3.28. The SMILES string of the molecule is CCC1(O)CCN(C(=O)CCC(=O)Nc2ccc3c(n2)n(C)c(=O)n3C)C1. The second-order valence-electron chi connectivity index (χ2n) is 7.13. The highest BCUT2D eigenvalue weighted by Crippen LogP contribution is 2.25. The van der Waals surface area contributed by atoms with Crippen LogP contribution in [0.15, 0.2) is 16.9 Å². The van der Waals surface area contributed by atoms with E-state index >= 15 is 0 Å². The molecule has 2 aromatic heterocycles. The van der Waals surface area contributed by atoms with Crippen molar-refractivity contribution in [1.82, 2.24) is 19.0 Å². The number of β-amino-alcohol motifs (C(OH)–C–C–N with tert-alkyl or cyclic N) is 1. The van der Waals surface area contributed by atoms with E-state index in [0.29, 0.717) is 42.9 Å². The molecule has 1 aliphatic heterocycles. The molecule has 1 fully saturated rings. The largest absolute Gasteiger partial charge is 0.388 e. The van der Waals surface area contributed by atoms with Gasteiger partial charge in [-0.15, -0.1) is 0 Å². The van der Waals surface area contributed by atoms with Crippen LogP contribution >= 0.6 is 0 Å². The molecule has 0 spiro atoms. The topological polar surface area (TPSA) is 109 Å². The van der Waals surface area contributed by atoms with E-state index < -0.39 is 5.60 Å². The Morgan fingerprint density at radius 3 is 2.67 bits per heavy atom. The van der Waals surface area contributed by atoms with Gasteiger partial charge in [0.15, 0.2) is 5.65 Å². The van der Waals surface area contributed by atoms with E-state index in [1.165, 1.54) is 9.13 Å². The van der Waals surface area contributed by atoms with E-state index in [-0.39, 0.29) is 30.3 Å². The Balaban J connectivity index is 1.58. The van der Waals surface area contributed by atoms with Crippen LogP contribution in [0.4, 0.5) is 5.82 Å². The molecule has 1 saturated heterocycles. The maximum Gasteiger partial charge on any atom is 0.329 e. The number of anilines is 1. The zero-order valence-corrected chi connectivity index (χ0v) is 15.9. The van der Waals surface area contributed by atoms with Gasteiger partial charge in [0.05, 0.1) is 11.1 Å².